The summed E-state index contributed by atoms with van der Waals surface area (Å²) in [5, 5.41) is 3.56. The third-order valence-electron chi connectivity index (χ3n) is 3.07. The average Bonchev–Trinajstić information content (AvgIpc) is 2.01. The fraction of sp³-hybridized carbons (Fsp3) is 1.00. The molecule has 1 nitrogen and oxygen atoms in total. The standard InChI is InChI=1S/C11H23N/c1-3-4-5-9-12-10-11(2)7-6-8-11/h12H,3-10H2,1-2H3. The van der Waals surface area contributed by atoms with E-state index in [-0.39, 0.29) is 0 Å². The smallest absolute Gasteiger partial charge is 0.000516 e. The van der Waals surface area contributed by atoms with Crippen molar-refractivity contribution in [3.63, 3.8) is 0 Å². The maximum atomic E-state index is 3.56. The summed E-state index contributed by atoms with van der Waals surface area (Å²) in [5.41, 5.74) is 0.659. The highest BCUT2D eigenvalue weighted by Crippen LogP contribution is 2.39. The second kappa shape index (κ2) is 4.86. The van der Waals surface area contributed by atoms with Gasteiger partial charge in [0.1, 0.15) is 0 Å². The van der Waals surface area contributed by atoms with E-state index in [1.807, 2.05) is 0 Å². The number of nitrogens with one attached hydrogen (secondary N) is 1. The van der Waals surface area contributed by atoms with Crippen LogP contribution in [-0.4, -0.2) is 13.1 Å². The van der Waals surface area contributed by atoms with E-state index in [9.17, 15) is 0 Å². The molecule has 0 unspecified atom stereocenters. The molecule has 0 saturated heterocycles. The lowest BCUT2D eigenvalue weighted by atomic mass is 9.70. The molecule has 72 valence electrons. The van der Waals surface area contributed by atoms with Crippen molar-refractivity contribution in [1.82, 2.24) is 5.32 Å². The van der Waals surface area contributed by atoms with E-state index >= 15 is 0 Å². The van der Waals surface area contributed by atoms with Gasteiger partial charge in [0, 0.05) is 6.54 Å². The van der Waals surface area contributed by atoms with Gasteiger partial charge in [-0.05, 0) is 31.2 Å². The van der Waals surface area contributed by atoms with Gasteiger partial charge in [-0.2, -0.15) is 0 Å². The lowest BCUT2D eigenvalue weighted by Gasteiger charge is -2.38. The molecule has 12 heavy (non-hydrogen) atoms. The third-order valence-corrected chi connectivity index (χ3v) is 3.07. The number of hydrogen-bond acceptors (Lipinski definition) is 1. The predicted molar refractivity (Wildman–Crippen MR) is 54.4 cm³/mol. The minimum atomic E-state index is 0.659. The highest BCUT2D eigenvalue weighted by Gasteiger charge is 2.30. The Balaban J connectivity index is 1.88. The quantitative estimate of drug-likeness (QED) is 0.603. The zero-order valence-electron chi connectivity index (χ0n) is 8.66. The van der Waals surface area contributed by atoms with Crippen LogP contribution >= 0.6 is 0 Å². The van der Waals surface area contributed by atoms with Gasteiger partial charge in [0.25, 0.3) is 0 Å². The maximum absolute atomic E-state index is 3.56. The van der Waals surface area contributed by atoms with Crippen LogP contribution in [0.1, 0.15) is 52.4 Å². The lowest BCUT2D eigenvalue weighted by molar-refractivity contribution is 0.157. The van der Waals surface area contributed by atoms with Crippen LogP contribution in [0.5, 0.6) is 0 Å². The van der Waals surface area contributed by atoms with E-state index in [4.69, 9.17) is 0 Å². The molecule has 0 bridgehead atoms. The molecule has 0 aromatic carbocycles. The number of rotatable bonds is 6. The van der Waals surface area contributed by atoms with Crippen LogP contribution in [0.2, 0.25) is 0 Å². The predicted octanol–water partition coefficient (Wildman–Crippen LogP) is 2.96. The zero-order valence-corrected chi connectivity index (χ0v) is 8.66. The van der Waals surface area contributed by atoms with Gasteiger partial charge in [0.2, 0.25) is 0 Å². The van der Waals surface area contributed by atoms with E-state index in [2.05, 4.69) is 19.2 Å². The molecule has 1 rings (SSSR count). The fourth-order valence-electron chi connectivity index (χ4n) is 1.85. The Morgan fingerprint density at radius 2 is 2.00 bits per heavy atom. The van der Waals surface area contributed by atoms with Crippen LogP contribution in [0.15, 0.2) is 0 Å². The summed E-state index contributed by atoms with van der Waals surface area (Å²) in [6.45, 7) is 7.14. The minimum Gasteiger partial charge on any atom is -0.316 e. The summed E-state index contributed by atoms with van der Waals surface area (Å²) in [7, 11) is 0. The topological polar surface area (TPSA) is 12.0 Å². The summed E-state index contributed by atoms with van der Waals surface area (Å²) in [5.74, 6) is 0. The Labute approximate surface area is 76.9 Å². The first-order chi connectivity index (χ1) is 5.77. The molecule has 1 N–H and O–H groups in total. The van der Waals surface area contributed by atoms with E-state index < -0.39 is 0 Å². The van der Waals surface area contributed by atoms with Crippen molar-refractivity contribution in [1.29, 1.82) is 0 Å². The molecule has 1 aliphatic rings. The fourth-order valence-corrected chi connectivity index (χ4v) is 1.85. The molecule has 0 heterocycles. The maximum Gasteiger partial charge on any atom is 0.000516 e. The molecule has 0 amide bonds. The minimum absolute atomic E-state index is 0.659. The van der Waals surface area contributed by atoms with Gasteiger partial charge in [-0.1, -0.05) is 33.1 Å². The molecule has 0 atom stereocenters. The molecule has 0 aliphatic heterocycles. The second-order valence-corrected chi connectivity index (χ2v) is 4.55. The van der Waals surface area contributed by atoms with Gasteiger partial charge in [-0.25, -0.2) is 0 Å². The van der Waals surface area contributed by atoms with Crippen LogP contribution in [0.3, 0.4) is 0 Å². The van der Waals surface area contributed by atoms with Crippen LogP contribution in [-0.2, 0) is 0 Å². The van der Waals surface area contributed by atoms with Gasteiger partial charge < -0.3 is 5.32 Å². The second-order valence-electron chi connectivity index (χ2n) is 4.55. The van der Waals surface area contributed by atoms with Crippen molar-refractivity contribution in [2.45, 2.75) is 52.4 Å². The Kier molecular flexibility index (Phi) is 4.07. The Bertz CT molecular complexity index is 116. The molecule has 1 fully saturated rings. The van der Waals surface area contributed by atoms with Crippen molar-refractivity contribution in [3.8, 4) is 0 Å². The SMILES string of the molecule is CCCCCNCC1(C)CCC1. The summed E-state index contributed by atoms with van der Waals surface area (Å²) < 4.78 is 0. The van der Waals surface area contributed by atoms with Crippen molar-refractivity contribution < 1.29 is 0 Å². The van der Waals surface area contributed by atoms with Crippen molar-refractivity contribution in [2.75, 3.05) is 13.1 Å². The Morgan fingerprint density at radius 3 is 2.50 bits per heavy atom. The zero-order chi connectivity index (χ0) is 8.86. The first-order valence-electron chi connectivity index (χ1n) is 5.47. The van der Waals surface area contributed by atoms with Crippen LogP contribution < -0.4 is 5.32 Å². The highest BCUT2D eigenvalue weighted by molar-refractivity contribution is 4.84. The van der Waals surface area contributed by atoms with Crippen LogP contribution in [0.25, 0.3) is 0 Å². The van der Waals surface area contributed by atoms with Crippen LogP contribution in [0.4, 0.5) is 0 Å². The largest absolute Gasteiger partial charge is 0.316 e. The normalized spacial score (nSPS) is 20.5. The monoisotopic (exact) mass is 169 g/mol. The molecule has 0 aromatic heterocycles. The molecule has 1 saturated carbocycles. The molecular formula is C11H23N. The molecule has 0 spiro atoms. The van der Waals surface area contributed by atoms with Gasteiger partial charge in [0.05, 0.1) is 0 Å². The molecule has 1 aliphatic carbocycles. The van der Waals surface area contributed by atoms with Gasteiger partial charge in [-0.15, -0.1) is 0 Å². The Morgan fingerprint density at radius 1 is 1.25 bits per heavy atom. The van der Waals surface area contributed by atoms with Crippen molar-refractivity contribution in [2.24, 2.45) is 5.41 Å². The van der Waals surface area contributed by atoms with Crippen molar-refractivity contribution in [3.05, 3.63) is 0 Å². The lowest BCUT2D eigenvalue weighted by Crippen LogP contribution is -2.37. The van der Waals surface area contributed by atoms with Gasteiger partial charge >= 0.3 is 0 Å². The third kappa shape index (κ3) is 3.14. The van der Waals surface area contributed by atoms with Gasteiger partial charge in [0.15, 0.2) is 0 Å². The first-order valence-corrected chi connectivity index (χ1v) is 5.47. The van der Waals surface area contributed by atoms with Gasteiger partial charge in [-0.3, -0.25) is 0 Å². The molecule has 0 aromatic rings. The molecular weight excluding hydrogens is 146 g/mol. The summed E-state index contributed by atoms with van der Waals surface area (Å²) in [6, 6.07) is 0. The summed E-state index contributed by atoms with van der Waals surface area (Å²) in [4.78, 5) is 0. The highest BCUT2D eigenvalue weighted by atomic mass is 14.9. The number of hydrogen-bond donors (Lipinski definition) is 1. The first kappa shape index (κ1) is 10.0. The van der Waals surface area contributed by atoms with E-state index in [0.717, 1.165) is 0 Å². The average molecular weight is 169 g/mol. The summed E-state index contributed by atoms with van der Waals surface area (Å²) >= 11 is 0. The van der Waals surface area contributed by atoms with E-state index in [1.54, 1.807) is 0 Å². The summed E-state index contributed by atoms with van der Waals surface area (Å²) in [6.07, 6.45) is 8.39. The molecule has 1 heteroatoms. The number of unbranched alkanes of at least 4 members (excludes halogenated alkanes) is 2. The molecule has 0 radical (unpaired) electrons. The Hall–Kier alpha value is -0.0400. The van der Waals surface area contributed by atoms with Crippen LogP contribution in [0, 0.1) is 5.41 Å². The van der Waals surface area contributed by atoms with E-state index in [1.165, 1.54) is 51.6 Å². The van der Waals surface area contributed by atoms with Crippen molar-refractivity contribution >= 4 is 0 Å². The van der Waals surface area contributed by atoms with E-state index in [0.29, 0.717) is 5.41 Å².